The zero-order chi connectivity index (χ0) is 20.7. The van der Waals surface area contributed by atoms with Crippen molar-refractivity contribution in [2.45, 2.75) is 50.9 Å². The van der Waals surface area contributed by atoms with Gasteiger partial charge < -0.3 is 14.3 Å². The molecule has 1 aromatic carbocycles. The van der Waals surface area contributed by atoms with E-state index >= 15 is 0 Å². The molecule has 0 N–H and O–H groups in total. The Morgan fingerprint density at radius 1 is 1.46 bits per heavy atom. The highest BCUT2D eigenvalue weighted by molar-refractivity contribution is 5.89. The smallest absolute Gasteiger partial charge is 0.338 e. The molecule has 1 fully saturated rings. The van der Waals surface area contributed by atoms with Gasteiger partial charge >= 0.3 is 5.97 Å². The van der Waals surface area contributed by atoms with Gasteiger partial charge in [-0.05, 0) is 43.0 Å². The van der Waals surface area contributed by atoms with Gasteiger partial charge in [-0.25, -0.2) is 4.79 Å². The van der Waals surface area contributed by atoms with Crippen molar-refractivity contribution in [1.29, 1.82) is 0 Å². The Balaban J connectivity index is 2.02. The first-order chi connectivity index (χ1) is 13.3. The molecule has 7 nitrogen and oxygen atoms in total. The lowest BCUT2D eigenvalue weighted by atomic mass is 10.00. The summed E-state index contributed by atoms with van der Waals surface area (Å²) in [5.74, 6) is -0.561. The highest BCUT2D eigenvalue weighted by Crippen LogP contribution is 2.28. The summed E-state index contributed by atoms with van der Waals surface area (Å²) in [6.07, 6.45) is 1.65. The first kappa shape index (κ1) is 21.3. The Labute approximate surface area is 163 Å². The van der Waals surface area contributed by atoms with Crippen LogP contribution in [0.1, 0.15) is 43.0 Å². The summed E-state index contributed by atoms with van der Waals surface area (Å²) < 4.78 is 11.2. The van der Waals surface area contributed by atoms with Crippen LogP contribution < -0.4 is 0 Å². The molecule has 1 aliphatic heterocycles. The van der Waals surface area contributed by atoms with Crippen LogP contribution in [0.2, 0.25) is 0 Å². The van der Waals surface area contributed by atoms with Crippen LogP contribution in [0.15, 0.2) is 54.3 Å². The molecule has 1 unspecified atom stereocenters. The molecule has 0 radical (unpaired) electrons. The molecule has 148 valence electrons. The summed E-state index contributed by atoms with van der Waals surface area (Å²) >= 11 is 0. The normalized spacial score (nSPS) is 19.5. The van der Waals surface area contributed by atoms with Crippen LogP contribution in [-0.4, -0.2) is 35.5 Å². The molecule has 7 heteroatoms. The molecule has 0 aliphatic carbocycles. The number of carbonyl (C=O) groups excluding carboxylic acids is 2. The van der Waals surface area contributed by atoms with Crippen LogP contribution in [-0.2, 0) is 14.3 Å². The largest absolute Gasteiger partial charge is 0.458 e. The third kappa shape index (κ3) is 5.74. The number of hydrogen-bond donors (Lipinski definition) is 0. The maximum absolute atomic E-state index is 12.4. The van der Waals surface area contributed by atoms with Crippen molar-refractivity contribution in [2.75, 3.05) is 0 Å². The molecule has 0 spiro atoms. The molecular formula is C21H23NO6. The first-order valence-corrected chi connectivity index (χ1v) is 8.93. The monoisotopic (exact) mass is 385 g/mol. The summed E-state index contributed by atoms with van der Waals surface area (Å²) in [4.78, 5) is 33.5. The number of benzene rings is 1. The molecule has 1 saturated heterocycles. The van der Waals surface area contributed by atoms with E-state index in [2.05, 4.69) is 18.9 Å². The second-order valence-electron chi connectivity index (χ2n) is 6.73. The van der Waals surface area contributed by atoms with E-state index < -0.39 is 23.1 Å². The van der Waals surface area contributed by atoms with Gasteiger partial charge in [-0.15, -0.1) is 5.73 Å². The van der Waals surface area contributed by atoms with E-state index in [0.717, 1.165) is 17.4 Å². The highest BCUT2D eigenvalue weighted by Gasteiger charge is 2.29. The Bertz CT molecular complexity index is 807. The number of rotatable bonds is 9. The van der Waals surface area contributed by atoms with Gasteiger partial charge in [0.2, 0.25) is 0 Å². The van der Waals surface area contributed by atoms with Crippen molar-refractivity contribution < 1.29 is 24.0 Å². The van der Waals surface area contributed by atoms with Gasteiger partial charge in [-0.3, -0.25) is 10.1 Å². The van der Waals surface area contributed by atoms with Crippen molar-refractivity contribution in [2.24, 2.45) is 0 Å². The van der Waals surface area contributed by atoms with Crippen LogP contribution >= 0.6 is 0 Å². The van der Waals surface area contributed by atoms with Gasteiger partial charge in [-0.2, -0.15) is 0 Å². The molecule has 0 amide bonds. The SMILES string of the molecule is C=C=C(C)C[C@H](CCC1O[C@@H](C=O)CC1=C)OC(=O)c1ccc([N+](=O)[O-])cc1. The number of nitro benzene ring substituents is 1. The van der Waals surface area contributed by atoms with Crippen molar-refractivity contribution >= 4 is 17.9 Å². The number of carbonyl (C=O) groups is 2. The zero-order valence-corrected chi connectivity index (χ0v) is 15.8. The van der Waals surface area contributed by atoms with E-state index in [4.69, 9.17) is 9.47 Å². The number of nitrogens with zero attached hydrogens (tertiary/aromatic N) is 1. The topological polar surface area (TPSA) is 95.7 Å². The predicted molar refractivity (Wildman–Crippen MR) is 103 cm³/mol. The molecule has 3 atom stereocenters. The predicted octanol–water partition coefficient (Wildman–Crippen LogP) is 3.93. The third-order valence-electron chi connectivity index (χ3n) is 4.58. The fraction of sp³-hybridized carbons (Fsp3) is 0.381. The van der Waals surface area contributed by atoms with Gasteiger partial charge in [0, 0.05) is 25.0 Å². The van der Waals surface area contributed by atoms with Gasteiger partial charge in [-0.1, -0.05) is 13.2 Å². The highest BCUT2D eigenvalue weighted by atomic mass is 16.6. The molecular weight excluding hydrogens is 362 g/mol. The number of hydrogen-bond acceptors (Lipinski definition) is 6. The standard InChI is InChI=1S/C21H23NO6/c1-4-14(2)11-18(9-10-20-15(3)12-19(13-23)27-20)28-21(24)16-5-7-17(8-6-16)22(25)26/h5-8,13,18-20H,1,3,9-12H2,2H3/t18-,19+,20?/m0/s1. The first-order valence-electron chi connectivity index (χ1n) is 8.93. The molecule has 28 heavy (non-hydrogen) atoms. The quantitative estimate of drug-likeness (QED) is 0.160. The van der Waals surface area contributed by atoms with Crippen LogP contribution in [0.25, 0.3) is 0 Å². The van der Waals surface area contributed by atoms with Crippen LogP contribution in [0, 0.1) is 10.1 Å². The van der Waals surface area contributed by atoms with E-state index in [1.807, 2.05) is 6.92 Å². The number of ether oxygens (including phenoxy) is 2. The summed E-state index contributed by atoms with van der Waals surface area (Å²) in [6.45, 7) is 9.39. The minimum absolute atomic E-state index is 0.0971. The lowest BCUT2D eigenvalue weighted by Gasteiger charge is -2.20. The zero-order valence-electron chi connectivity index (χ0n) is 15.8. The summed E-state index contributed by atoms with van der Waals surface area (Å²) in [5, 5.41) is 10.7. The fourth-order valence-electron chi connectivity index (χ4n) is 2.99. The van der Waals surface area contributed by atoms with Gasteiger partial charge in [0.1, 0.15) is 18.5 Å². The van der Waals surface area contributed by atoms with Crippen molar-refractivity contribution in [1.82, 2.24) is 0 Å². The van der Waals surface area contributed by atoms with Gasteiger partial charge in [0.15, 0.2) is 0 Å². The Morgan fingerprint density at radius 3 is 2.68 bits per heavy atom. The van der Waals surface area contributed by atoms with Crippen molar-refractivity contribution in [3.8, 4) is 0 Å². The summed E-state index contributed by atoms with van der Waals surface area (Å²) in [7, 11) is 0. The van der Waals surface area contributed by atoms with Crippen LogP contribution in [0.3, 0.4) is 0 Å². The van der Waals surface area contributed by atoms with E-state index in [9.17, 15) is 19.7 Å². The summed E-state index contributed by atoms with van der Waals surface area (Å²) in [5.41, 5.74) is 4.62. The number of nitro groups is 1. The number of aldehydes is 1. The number of esters is 1. The maximum atomic E-state index is 12.4. The minimum Gasteiger partial charge on any atom is -0.458 e. The summed E-state index contributed by atoms with van der Waals surface area (Å²) in [6, 6.07) is 5.25. The van der Waals surface area contributed by atoms with Crippen LogP contribution in [0.5, 0.6) is 0 Å². The molecule has 0 bridgehead atoms. The lowest BCUT2D eigenvalue weighted by Crippen LogP contribution is -2.22. The van der Waals surface area contributed by atoms with E-state index in [1.54, 1.807) is 0 Å². The lowest BCUT2D eigenvalue weighted by molar-refractivity contribution is -0.384. The van der Waals surface area contributed by atoms with E-state index in [-0.39, 0.29) is 17.4 Å². The second-order valence-corrected chi connectivity index (χ2v) is 6.73. The molecule has 1 heterocycles. The van der Waals surface area contributed by atoms with E-state index in [1.165, 1.54) is 24.3 Å². The maximum Gasteiger partial charge on any atom is 0.338 e. The number of non-ortho nitro benzene ring substituents is 1. The Hall–Kier alpha value is -3.02. The van der Waals surface area contributed by atoms with E-state index in [0.29, 0.717) is 25.7 Å². The van der Waals surface area contributed by atoms with Gasteiger partial charge in [0.25, 0.3) is 5.69 Å². The average molecular weight is 385 g/mol. The molecule has 0 aromatic heterocycles. The Kier molecular flexibility index (Phi) is 7.44. The van der Waals surface area contributed by atoms with Crippen LogP contribution in [0.4, 0.5) is 5.69 Å². The average Bonchev–Trinajstić information content (AvgIpc) is 3.05. The third-order valence-corrected chi connectivity index (χ3v) is 4.58. The van der Waals surface area contributed by atoms with Crippen molar-refractivity contribution in [3.05, 3.63) is 70.0 Å². The van der Waals surface area contributed by atoms with Gasteiger partial charge in [0.05, 0.1) is 16.6 Å². The second kappa shape index (κ2) is 9.78. The molecule has 0 saturated carbocycles. The molecule has 1 aromatic rings. The molecule has 1 aliphatic rings. The minimum atomic E-state index is -0.561. The molecule has 2 rings (SSSR count). The van der Waals surface area contributed by atoms with Crippen molar-refractivity contribution in [3.63, 3.8) is 0 Å². The Morgan fingerprint density at radius 2 is 2.14 bits per heavy atom. The fourth-order valence-corrected chi connectivity index (χ4v) is 2.99.